The Morgan fingerprint density at radius 3 is 2.46 bits per heavy atom. The highest BCUT2D eigenvalue weighted by Crippen LogP contribution is 2.17. The molecule has 1 N–H and O–H groups in total. The molecule has 0 radical (unpaired) electrons. The van der Waals surface area contributed by atoms with Crippen molar-refractivity contribution in [3.05, 3.63) is 54.4 Å². The Balaban J connectivity index is 1.78. The molecule has 8 nitrogen and oxygen atoms in total. The summed E-state index contributed by atoms with van der Waals surface area (Å²) in [5.74, 6) is 0.441. The molecular formula is C15H16N6O2S. The highest BCUT2D eigenvalue weighted by atomic mass is 32.2. The van der Waals surface area contributed by atoms with E-state index in [1.165, 1.54) is 16.9 Å². The third-order valence-electron chi connectivity index (χ3n) is 3.28. The topological polar surface area (TPSA) is 103 Å². The maximum atomic E-state index is 11.9. The fraction of sp³-hybridized carbons (Fsp3) is 0.200. The van der Waals surface area contributed by atoms with Crippen molar-refractivity contribution in [2.24, 2.45) is 0 Å². The van der Waals surface area contributed by atoms with Gasteiger partial charge < -0.3 is 0 Å². The lowest BCUT2D eigenvalue weighted by Crippen LogP contribution is -2.22. The second kappa shape index (κ2) is 6.85. The largest absolute Gasteiger partial charge is 0.265 e. The highest BCUT2D eigenvalue weighted by Gasteiger charge is 2.13. The third-order valence-corrected chi connectivity index (χ3v) is 4.84. The van der Waals surface area contributed by atoms with Gasteiger partial charge in [-0.15, -0.1) is 10.2 Å². The van der Waals surface area contributed by atoms with Crippen LogP contribution in [0, 0.1) is 0 Å². The van der Waals surface area contributed by atoms with E-state index in [1.54, 1.807) is 31.5 Å². The first-order valence-electron chi connectivity index (χ1n) is 7.35. The van der Waals surface area contributed by atoms with Crippen LogP contribution < -0.4 is 4.72 Å². The van der Waals surface area contributed by atoms with E-state index in [9.17, 15) is 8.42 Å². The van der Waals surface area contributed by atoms with Crippen molar-refractivity contribution in [2.45, 2.75) is 18.4 Å². The van der Waals surface area contributed by atoms with Crippen molar-refractivity contribution in [1.29, 1.82) is 0 Å². The van der Waals surface area contributed by atoms with Gasteiger partial charge in [0.1, 0.15) is 0 Å². The molecule has 0 aliphatic rings. The molecule has 9 heteroatoms. The Morgan fingerprint density at radius 2 is 1.79 bits per heavy atom. The summed E-state index contributed by atoms with van der Waals surface area (Å²) in [6.45, 7) is 2.56. The summed E-state index contributed by atoms with van der Waals surface area (Å²) < 4.78 is 26.3. The van der Waals surface area contributed by atoms with Crippen LogP contribution >= 0.6 is 0 Å². The van der Waals surface area contributed by atoms with Gasteiger partial charge in [-0.05, 0) is 47.2 Å². The summed E-state index contributed by atoms with van der Waals surface area (Å²) in [7, 11) is -3.46. The number of pyridine rings is 1. The third kappa shape index (κ3) is 3.63. The number of nitrogens with zero attached hydrogens (tertiary/aromatic N) is 5. The number of hydrogen-bond acceptors (Lipinski definition) is 6. The van der Waals surface area contributed by atoms with Crippen LogP contribution in [0.25, 0.3) is 11.4 Å². The van der Waals surface area contributed by atoms with E-state index in [0.29, 0.717) is 24.5 Å². The van der Waals surface area contributed by atoms with E-state index in [1.807, 2.05) is 12.1 Å². The standard InChI is InChI=1S/C15H16N6O2S/c1-2-17-24(22,23)14-5-3-13(4-6-14)15-18-20-21(19-15)11-12-7-9-16-10-8-12/h3-10,17H,2,11H2,1H3. The number of tetrazole rings is 1. The fourth-order valence-corrected chi connectivity index (χ4v) is 3.17. The summed E-state index contributed by atoms with van der Waals surface area (Å²) >= 11 is 0. The minimum Gasteiger partial charge on any atom is -0.265 e. The second-order valence-corrected chi connectivity index (χ2v) is 6.79. The molecule has 0 amide bonds. The zero-order chi connectivity index (χ0) is 17.0. The summed E-state index contributed by atoms with van der Waals surface area (Å²) in [5, 5.41) is 12.3. The lowest BCUT2D eigenvalue weighted by Gasteiger charge is -2.04. The van der Waals surface area contributed by atoms with Crippen LogP contribution in [-0.2, 0) is 16.6 Å². The Labute approximate surface area is 139 Å². The summed E-state index contributed by atoms with van der Waals surface area (Å²) in [6, 6.07) is 10.1. The van der Waals surface area contributed by atoms with Crippen molar-refractivity contribution in [2.75, 3.05) is 6.54 Å². The number of sulfonamides is 1. The quantitative estimate of drug-likeness (QED) is 0.718. The smallest absolute Gasteiger partial charge is 0.240 e. The van der Waals surface area contributed by atoms with Gasteiger partial charge in [0.05, 0.1) is 11.4 Å². The van der Waals surface area contributed by atoms with Crippen LogP contribution in [0.1, 0.15) is 12.5 Å². The monoisotopic (exact) mass is 344 g/mol. The molecule has 1 aromatic carbocycles. The highest BCUT2D eigenvalue weighted by molar-refractivity contribution is 7.89. The van der Waals surface area contributed by atoms with Crippen molar-refractivity contribution in [3.8, 4) is 11.4 Å². The predicted molar refractivity (Wildman–Crippen MR) is 87.5 cm³/mol. The Kier molecular flexibility index (Phi) is 4.63. The average molecular weight is 344 g/mol. The van der Waals surface area contributed by atoms with Crippen molar-refractivity contribution in [1.82, 2.24) is 29.9 Å². The first kappa shape index (κ1) is 16.2. The van der Waals surface area contributed by atoms with Crippen LogP contribution in [0.2, 0.25) is 0 Å². The Bertz CT molecular complexity index is 907. The zero-order valence-electron chi connectivity index (χ0n) is 13.0. The van der Waals surface area contributed by atoms with E-state index >= 15 is 0 Å². The summed E-state index contributed by atoms with van der Waals surface area (Å²) in [5.41, 5.74) is 1.72. The fourth-order valence-electron chi connectivity index (χ4n) is 2.13. The number of aromatic nitrogens is 5. The van der Waals surface area contributed by atoms with Gasteiger partial charge in [-0.25, -0.2) is 13.1 Å². The molecule has 0 spiro atoms. The van der Waals surface area contributed by atoms with Gasteiger partial charge in [0, 0.05) is 24.5 Å². The first-order valence-corrected chi connectivity index (χ1v) is 8.83. The molecule has 0 bridgehead atoms. The van der Waals surface area contributed by atoms with Crippen LogP contribution in [0.5, 0.6) is 0 Å². The molecule has 0 saturated carbocycles. The Hall–Kier alpha value is -2.65. The molecular weight excluding hydrogens is 328 g/mol. The van der Waals surface area contributed by atoms with Crippen LogP contribution in [0.4, 0.5) is 0 Å². The van der Waals surface area contributed by atoms with Gasteiger partial charge in [-0.3, -0.25) is 4.98 Å². The summed E-state index contributed by atoms with van der Waals surface area (Å²) in [4.78, 5) is 5.65. The molecule has 124 valence electrons. The van der Waals surface area contributed by atoms with Gasteiger partial charge in [0.15, 0.2) is 0 Å². The van der Waals surface area contributed by atoms with Crippen LogP contribution in [0.3, 0.4) is 0 Å². The van der Waals surface area contributed by atoms with Crippen molar-refractivity contribution < 1.29 is 8.42 Å². The number of benzene rings is 1. The maximum Gasteiger partial charge on any atom is 0.240 e. The van der Waals surface area contributed by atoms with Crippen molar-refractivity contribution >= 4 is 10.0 Å². The molecule has 24 heavy (non-hydrogen) atoms. The summed E-state index contributed by atoms with van der Waals surface area (Å²) in [6.07, 6.45) is 3.41. The molecule has 2 heterocycles. The van der Waals surface area contributed by atoms with Gasteiger partial charge in [-0.1, -0.05) is 6.92 Å². The van der Waals surface area contributed by atoms with E-state index in [-0.39, 0.29) is 4.90 Å². The van der Waals surface area contributed by atoms with Gasteiger partial charge in [0.25, 0.3) is 0 Å². The van der Waals surface area contributed by atoms with Crippen LogP contribution in [-0.4, -0.2) is 40.2 Å². The molecule has 3 aromatic rings. The zero-order valence-corrected chi connectivity index (χ0v) is 13.8. The molecule has 0 fully saturated rings. The second-order valence-electron chi connectivity index (χ2n) is 5.02. The SMILES string of the molecule is CCNS(=O)(=O)c1ccc(-c2nnn(Cc3ccncc3)n2)cc1. The number of hydrogen-bond donors (Lipinski definition) is 1. The van der Waals surface area contributed by atoms with E-state index < -0.39 is 10.0 Å². The molecule has 2 aromatic heterocycles. The van der Waals surface area contributed by atoms with Gasteiger partial charge in [-0.2, -0.15) is 4.80 Å². The number of rotatable bonds is 6. The first-order chi connectivity index (χ1) is 11.6. The van der Waals surface area contributed by atoms with Gasteiger partial charge >= 0.3 is 0 Å². The van der Waals surface area contributed by atoms with Crippen molar-refractivity contribution in [3.63, 3.8) is 0 Å². The van der Waals surface area contributed by atoms with E-state index in [0.717, 1.165) is 5.56 Å². The average Bonchev–Trinajstić information content (AvgIpc) is 3.04. The molecule has 0 aliphatic heterocycles. The van der Waals surface area contributed by atoms with Gasteiger partial charge in [0.2, 0.25) is 15.8 Å². The van der Waals surface area contributed by atoms with E-state index in [2.05, 4.69) is 25.1 Å². The predicted octanol–water partition coefficient (Wildman–Crippen LogP) is 1.08. The lowest BCUT2D eigenvalue weighted by atomic mass is 10.2. The Morgan fingerprint density at radius 1 is 1.08 bits per heavy atom. The maximum absolute atomic E-state index is 11.9. The minimum absolute atomic E-state index is 0.206. The molecule has 0 atom stereocenters. The normalized spacial score (nSPS) is 11.5. The molecule has 0 aliphatic carbocycles. The molecule has 3 rings (SSSR count). The minimum atomic E-state index is -3.46. The van der Waals surface area contributed by atoms with Crippen LogP contribution in [0.15, 0.2) is 53.7 Å². The lowest BCUT2D eigenvalue weighted by molar-refractivity contribution is 0.572. The molecule has 0 unspecified atom stereocenters. The molecule has 0 saturated heterocycles. The number of nitrogens with one attached hydrogen (secondary N) is 1. The van der Waals surface area contributed by atoms with E-state index in [4.69, 9.17) is 0 Å².